The summed E-state index contributed by atoms with van der Waals surface area (Å²) in [6.07, 6.45) is 1.45. The number of benzene rings is 3. The minimum Gasteiger partial charge on any atom is -0.272 e. The molecule has 0 aliphatic rings. The molecule has 0 unspecified atom stereocenters. The molecule has 32 heavy (non-hydrogen) atoms. The monoisotopic (exact) mass is 489 g/mol. The molecular weight excluding hydrogens is 469 g/mol. The first kappa shape index (κ1) is 23.9. The highest BCUT2D eigenvalue weighted by atomic mass is 35.5. The van der Waals surface area contributed by atoms with Crippen LogP contribution in [0.15, 0.2) is 82.8 Å². The number of rotatable bonds is 8. The van der Waals surface area contributed by atoms with Crippen molar-refractivity contribution in [2.75, 3.05) is 6.54 Å². The number of halogens is 2. The van der Waals surface area contributed by atoms with Crippen molar-refractivity contribution in [1.82, 2.24) is 9.73 Å². The van der Waals surface area contributed by atoms with Crippen molar-refractivity contribution in [1.29, 1.82) is 0 Å². The Morgan fingerprint density at radius 3 is 2.31 bits per heavy atom. The number of amides is 1. The van der Waals surface area contributed by atoms with Crippen LogP contribution in [0, 0.1) is 6.92 Å². The molecule has 3 aromatic carbocycles. The minimum absolute atomic E-state index is 0.0653. The molecule has 0 saturated carbocycles. The van der Waals surface area contributed by atoms with Crippen molar-refractivity contribution in [3.05, 3.63) is 99.5 Å². The summed E-state index contributed by atoms with van der Waals surface area (Å²) in [5.41, 5.74) is 4.61. The molecule has 0 heterocycles. The van der Waals surface area contributed by atoms with Gasteiger partial charge >= 0.3 is 0 Å². The fourth-order valence-corrected chi connectivity index (χ4v) is 4.52. The standard InChI is InChI=1S/C23H21Cl2N3O3S/c1-17-6-12-21(13-7-17)32(30,31)28(15-19-4-2-3-5-22(19)25)16-23(29)27-26-14-18-8-10-20(24)11-9-18/h2-14H,15-16H2,1H3,(H,27,29)/b26-14-. The van der Waals surface area contributed by atoms with E-state index in [0.717, 1.165) is 15.4 Å². The zero-order valence-corrected chi connectivity index (χ0v) is 19.5. The Kier molecular flexibility index (Phi) is 8.04. The first-order valence-corrected chi connectivity index (χ1v) is 11.8. The lowest BCUT2D eigenvalue weighted by molar-refractivity contribution is -0.121. The number of hydrazone groups is 1. The molecule has 0 radical (unpaired) electrons. The van der Waals surface area contributed by atoms with E-state index in [0.29, 0.717) is 15.6 Å². The Morgan fingerprint density at radius 1 is 1.00 bits per heavy atom. The molecule has 3 aromatic rings. The second-order valence-corrected chi connectivity index (χ2v) is 9.80. The van der Waals surface area contributed by atoms with Crippen LogP contribution in [-0.2, 0) is 21.4 Å². The van der Waals surface area contributed by atoms with Gasteiger partial charge in [-0.15, -0.1) is 0 Å². The Bertz CT molecular complexity index is 1210. The van der Waals surface area contributed by atoms with Gasteiger partial charge in [-0.2, -0.15) is 9.41 Å². The predicted octanol–water partition coefficient (Wildman–Crippen LogP) is 4.64. The molecule has 0 aliphatic carbocycles. The molecule has 166 valence electrons. The lowest BCUT2D eigenvalue weighted by Crippen LogP contribution is -2.39. The van der Waals surface area contributed by atoms with Crippen molar-refractivity contribution in [2.24, 2.45) is 5.10 Å². The van der Waals surface area contributed by atoms with Gasteiger partial charge in [0, 0.05) is 16.6 Å². The van der Waals surface area contributed by atoms with Gasteiger partial charge < -0.3 is 0 Å². The Hall–Kier alpha value is -2.71. The number of aryl methyl sites for hydroxylation is 1. The largest absolute Gasteiger partial charge is 0.272 e. The predicted molar refractivity (Wildman–Crippen MR) is 127 cm³/mol. The van der Waals surface area contributed by atoms with E-state index < -0.39 is 22.5 Å². The van der Waals surface area contributed by atoms with Crippen LogP contribution in [0.25, 0.3) is 0 Å². The maximum Gasteiger partial charge on any atom is 0.255 e. The van der Waals surface area contributed by atoms with Crippen LogP contribution in [0.2, 0.25) is 10.0 Å². The van der Waals surface area contributed by atoms with Crippen molar-refractivity contribution in [2.45, 2.75) is 18.4 Å². The van der Waals surface area contributed by atoms with E-state index in [-0.39, 0.29) is 11.4 Å². The first-order chi connectivity index (χ1) is 15.3. The van der Waals surface area contributed by atoms with E-state index >= 15 is 0 Å². The highest BCUT2D eigenvalue weighted by Crippen LogP contribution is 2.22. The number of carbonyl (C=O) groups is 1. The highest BCUT2D eigenvalue weighted by Gasteiger charge is 2.27. The molecular formula is C23H21Cl2N3O3S. The van der Waals surface area contributed by atoms with Crippen LogP contribution in [0.5, 0.6) is 0 Å². The van der Waals surface area contributed by atoms with E-state index in [9.17, 15) is 13.2 Å². The van der Waals surface area contributed by atoms with Crippen LogP contribution in [0.3, 0.4) is 0 Å². The average Bonchev–Trinajstić information content (AvgIpc) is 2.76. The molecule has 3 rings (SSSR count). The van der Waals surface area contributed by atoms with Crippen LogP contribution in [0.1, 0.15) is 16.7 Å². The summed E-state index contributed by atoms with van der Waals surface area (Å²) < 4.78 is 27.6. The Labute approximate surface area is 197 Å². The summed E-state index contributed by atoms with van der Waals surface area (Å²) in [6.45, 7) is 1.37. The summed E-state index contributed by atoms with van der Waals surface area (Å²) in [6, 6.07) is 20.2. The van der Waals surface area contributed by atoms with Crippen LogP contribution in [0.4, 0.5) is 0 Å². The molecule has 0 aliphatic heterocycles. The fraction of sp³-hybridized carbons (Fsp3) is 0.130. The molecule has 0 fully saturated rings. The third-order valence-corrected chi connectivity index (χ3v) is 6.98. The zero-order valence-electron chi connectivity index (χ0n) is 17.2. The Morgan fingerprint density at radius 2 is 1.66 bits per heavy atom. The van der Waals surface area contributed by atoms with Gasteiger partial charge in [0.2, 0.25) is 10.0 Å². The number of nitrogens with zero attached hydrogens (tertiary/aromatic N) is 2. The van der Waals surface area contributed by atoms with Gasteiger partial charge in [-0.1, -0.05) is 71.2 Å². The molecule has 6 nitrogen and oxygen atoms in total. The van der Waals surface area contributed by atoms with Gasteiger partial charge in [-0.3, -0.25) is 4.79 Å². The van der Waals surface area contributed by atoms with Crippen LogP contribution >= 0.6 is 23.2 Å². The Balaban J connectivity index is 1.80. The van der Waals surface area contributed by atoms with Crippen LogP contribution < -0.4 is 5.43 Å². The lowest BCUT2D eigenvalue weighted by atomic mass is 10.2. The number of carbonyl (C=O) groups excluding carboxylic acids is 1. The van der Waals surface area contributed by atoms with Gasteiger partial charge in [-0.05, 0) is 48.4 Å². The highest BCUT2D eigenvalue weighted by molar-refractivity contribution is 7.89. The number of nitrogens with one attached hydrogen (secondary N) is 1. The summed E-state index contributed by atoms with van der Waals surface area (Å²) in [5, 5.41) is 4.90. The zero-order chi connectivity index (χ0) is 23.1. The summed E-state index contributed by atoms with van der Waals surface area (Å²) >= 11 is 12.1. The van der Waals surface area contributed by atoms with E-state index in [4.69, 9.17) is 23.2 Å². The topological polar surface area (TPSA) is 78.8 Å². The normalized spacial score (nSPS) is 11.8. The molecule has 1 N–H and O–H groups in total. The van der Waals surface area contributed by atoms with E-state index in [1.54, 1.807) is 60.7 Å². The minimum atomic E-state index is -3.96. The molecule has 9 heteroatoms. The fourth-order valence-electron chi connectivity index (χ4n) is 2.82. The molecule has 0 atom stereocenters. The SMILES string of the molecule is Cc1ccc(S(=O)(=O)N(CC(=O)N/N=C\c2ccc(Cl)cc2)Cc2ccccc2Cl)cc1. The number of hydrogen-bond acceptors (Lipinski definition) is 4. The summed E-state index contributed by atoms with van der Waals surface area (Å²) in [5.74, 6) is -0.585. The van der Waals surface area contributed by atoms with Gasteiger partial charge in [-0.25, -0.2) is 13.8 Å². The van der Waals surface area contributed by atoms with Crippen molar-refractivity contribution < 1.29 is 13.2 Å². The van der Waals surface area contributed by atoms with E-state index in [1.807, 2.05) is 6.92 Å². The van der Waals surface area contributed by atoms with E-state index in [2.05, 4.69) is 10.5 Å². The quantitative estimate of drug-likeness (QED) is 0.369. The van der Waals surface area contributed by atoms with Crippen molar-refractivity contribution >= 4 is 45.3 Å². The summed E-state index contributed by atoms with van der Waals surface area (Å²) in [4.78, 5) is 12.6. The maximum absolute atomic E-state index is 13.3. The molecule has 0 aromatic heterocycles. The van der Waals surface area contributed by atoms with Gasteiger partial charge in [0.1, 0.15) is 0 Å². The van der Waals surface area contributed by atoms with Gasteiger partial charge in [0.05, 0.1) is 17.7 Å². The second kappa shape index (κ2) is 10.7. The second-order valence-electron chi connectivity index (χ2n) is 7.02. The number of sulfonamides is 1. The molecule has 0 bridgehead atoms. The number of hydrogen-bond donors (Lipinski definition) is 1. The molecule has 0 spiro atoms. The smallest absolute Gasteiger partial charge is 0.255 e. The third-order valence-electron chi connectivity index (χ3n) is 4.56. The maximum atomic E-state index is 13.3. The van der Waals surface area contributed by atoms with E-state index in [1.165, 1.54) is 18.3 Å². The van der Waals surface area contributed by atoms with Gasteiger partial charge in [0.25, 0.3) is 5.91 Å². The third kappa shape index (κ3) is 6.40. The van der Waals surface area contributed by atoms with Crippen molar-refractivity contribution in [3.63, 3.8) is 0 Å². The first-order valence-electron chi connectivity index (χ1n) is 9.63. The van der Waals surface area contributed by atoms with Crippen molar-refractivity contribution in [3.8, 4) is 0 Å². The summed E-state index contributed by atoms with van der Waals surface area (Å²) in [7, 11) is -3.96. The van der Waals surface area contributed by atoms with Crippen LogP contribution in [-0.4, -0.2) is 31.4 Å². The lowest BCUT2D eigenvalue weighted by Gasteiger charge is -2.22. The van der Waals surface area contributed by atoms with Gasteiger partial charge in [0.15, 0.2) is 0 Å². The average molecular weight is 490 g/mol. The molecule has 0 saturated heterocycles. The molecule has 1 amide bonds.